The van der Waals surface area contributed by atoms with Crippen LogP contribution in [0.5, 0.6) is 0 Å². The maximum absolute atomic E-state index is 3.76. The van der Waals surface area contributed by atoms with Crippen LogP contribution >= 0.6 is 15.9 Å². The Balaban J connectivity index is 1.87. The Morgan fingerprint density at radius 2 is 1.67 bits per heavy atom. The predicted octanol–water partition coefficient (Wildman–Crippen LogP) is 5.51. The van der Waals surface area contributed by atoms with E-state index in [9.17, 15) is 0 Å². The number of hydrogen-bond acceptors (Lipinski definition) is 1. The molecule has 0 heterocycles. The van der Waals surface area contributed by atoms with Crippen molar-refractivity contribution < 1.29 is 0 Å². The van der Waals surface area contributed by atoms with Gasteiger partial charge >= 0.3 is 0 Å². The summed E-state index contributed by atoms with van der Waals surface area (Å²) in [6.07, 6.45) is 3.40. The van der Waals surface area contributed by atoms with Crippen LogP contribution in [0.25, 0.3) is 0 Å². The Bertz CT molecular complexity index is 521. The van der Waals surface area contributed by atoms with Crippen molar-refractivity contribution in [2.45, 2.75) is 45.2 Å². The van der Waals surface area contributed by atoms with Crippen LogP contribution in [0.2, 0.25) is 0 Å². The van der Waals surface area contributed by atoms with Gasteiger partial charge in [0, 0.05) is 16.6 Å². The average molecular weight is 346 g/mol. The highest BCUT2D eigenvalue weighted by molar-refractivity contribution is 9.10. The fraction of sp³-hybridized carbons (Fsp3) is 0.368. The van der Waals surface area contributed by atoms with Crippen LogP contribution in [-0.4, -0.2) is 6.04 Å². The van der Waals surface area contributed by atoms with Crippen molar-refractivity contribution in [2.75, 3.05) is 0 Å². The zero-order chi connectivity index (χ0) is 15.1. The number of nitrogens with one attached hydrogen (secondary N) is 1. The van der Waals surface area contributed by atoms with Crippen molar-refractivity contribution in [1.82, 2.24) is 5.32 Å². The predicted molar refractivity (Wildman–Crippen MR) is 94.5 cm³/mol. The Morgan fingerprint density at radius 3 is 2.29 bits per heavy atom. The fourth-order valence-corrected chi connectivity index (χ4v) is 2.86. The van der Waals surface area contributed by atoms with Gasteiger partial charge in [-0.05, 0) is 49.4 Å². The van der Waals surface area contributed by atoms with Crippen molar-refractivity contribution >= 4 is 15.9 Å². The van der Waals surface area contributed by atoms with Gasteiger partial charge in [-0.25, -0.2) is 0 Å². The van der Waals surface area contributed by atoms with E-state index in [4.69, 9.17) is 0 Å². The summed E-state index contributed by atoms with van der Waals surface area (Å²) in [6, 6.07) is 20.3. The lowest BCUT2D eigenvalue weighted by atomic mass is 10.0. The largest absolute Gasteiger partial charge is 0.307 e. The van der Waals surface area contributed by atoms with Crippen molar-refractivity contribution in [2.24, 2.45) is 0 Å². The Hall–Kier alpha value is -1.12. The zero-order valence-corrected chi connectivity index (χ0v) is 14.4. The first-order chi connectivity index (χ1) is 10.2. The molecule has 0 saturated carbocycles. The van der Waals surface area contributed by atoms with Gasteiger partial charge in [-0.15, -0.1) is 0 Å². The first-order valence-electron chi connectivity index (χ1n) is 7.74. The van der Waals surface area contributed by atoms with Gasteiger partial charge in [0.25, 0.3) is 0 Å². The fourth-order valence-electron chi connectivity index (χ4n) is 2.60. The molecule has 0 aliphatic rings. The topological polar surface area (TPSA) is 12.0 Å². The minimum absolute atomic E-state index is 0.434. The van der Waals surface area contributed by atoms with Gasteiger partial charge in [-0.1, -0.05) is 65.3 Å². The average Bonchev–Trinajstić information content (AvgIpc) is 2.52. The van der Waals surface area contributed by atoms with E-state index in [-0.39, 0.29) is 0 Å². The van der Waals surface area contributed by atoms with Crippen LogP contribution in [0.1, 0.15) is 43.9 Å². The number of halogens is 1. The van der Waals surface area contributed by atoms with E-state index in [1.165, 1.54) is 11.1 Å². The summed E-state index contributed by atoms with van der Waals surface area (Å²) in [6.45, 7) is 4.52. The molecule has 2 aromatic carbocycles. The molecule has 0 bridgehead atoms. The van der Waals surface area contributed by atoms with Crippen LogP contribution in [0.3, 0.4) is 0 Å². The standard InChI is InChI=1S/C19H24BrN/c1-3-19(17-11-13-18(20)14-12-17)21-15(2)9-10-16-7-5-4-6-8-16/h4-8,11-15,19,21H,3,9-10H2,1-2H3. The normalized spacial score (nSPS) is 13.9. The number of rotatable bonds is 7. The molecule has 0 amide bonds. The Kier molecular flexibility index (Phi) is 6.47. The Labute approximate surface area is 136 Å². The monoisotopic (exact) mass is 345 g/mol. The van der Waals surface area contributed by atoms with Crippen LogP contribution in [0.4, 0.5) is 0 Å². The van der Waals surface area contributed by atoms with Crippen LogP contribution < -0.4 is 5.32 Å². The summed E-state index contributed by atoms with van der Waals surface area (Å²) in [7, 11) is 0. The second-order valence-corrected chi connectivity index (χ2v) is 6.52. The number of hydrogen-bond donors (Lipinski definition) is 1. The van der Waals surface area contributed by atoms with E-state index in [1.807, 2.05) is 0 Å². The molecule has 2 heteroatoms. The second kappa shape index (κ2) is 8.35. The maximum atomic E-state index is 3.76. The number of benzene rings is 2. The van der Waals surface area contributed by atoms with Crippen molar-refractivity contribution in [3.63, 3.8) is 0 Å². The molecular weight excluding hydrogens is 322 g/mol. The van der Waals surface area contributed by atoms with Gasteiger partial charge < -0.3 is 5.32 Å². The van der Waals surface area contributed by atoms with Gasteiger partial charge in [-0.3, -0.25) is 0 Å². The Morgan fingerprint density at radius 1 is 1.00 bits per heavy atom. The van der Waals surface area contributed by atoms with E-state index < -0.39 is 0 Å². The van der Waals surface area contributed by atoms with Crippen LogP contribution in [0, 0.1) is 0 Å². The summed E-state index contributed by atoms with van der Waals surface area (Å²) < 4.78 is 1.14. The third-order valence-corrected chi connectivity index (χ3v) is 4.40. The highest BCUT2D eigenvalue weighted by Crippen LogP contribution is 2.20. The molecule has 21 heavy (non-hydrogen) atoms. The van der Waals surface area contributed by atoms with E-state index in [0.29, 0.717) is 12.1 Å². The van der Waals surface area contributed by atoms with E-state index in [1.54, 1.807) is 0 Å². The van der Waals surface area contributed by atoms with Crippen molar-refractivity contribution in [3.8, 4) is 0 Å². The minimum atomic E-state index is 0.434. The molecule has 0 saturated heterocycles. The van der Waals surface area contributed by atoms with Crippen LogP contribution in [-0.2, 0) is 6.42 Å². The van der Waals surface area contributed by atoms with Gasteiger partial charge in [0.05, 0.1) is 0 Å². The molecule has 2 rings (SSSR count). The number of aryl methyl sites for hydroxylation is 1. The minimum Gasteiger partial charge on any atom is -0.307 e. The van der Waals surface area contributed by atoms with E-state index >= 15 is 0 Å². The summed E-state index contributed by atoms with van der Waals surface area (Å²) in [5, 5.41) is 3.76. The van der Waals surface area contributed by atoms with Crippen molar-refractivity contribution in [3.05, 3.63) is 70.2 Å². The van der Waals surface area contributed by atoms with Gasteiger partial charge in [-0.2, -0.15) is 0 Å². The zero-order valence-electron chi connectivity index (χ0n) is 12.9. The molecule has 0 spiro atoms. The maximum Gasteiger partial charge on any atom is 0.0319 e. The summed E-state index contributed by atoms with van der Waals surface area (Å²) in [4.78, 5) is 0. The highest BCUT2D eigenvalue weighted by atomic mass is 79.9. The molecule has 2 unspecified atom stereocenters. The molecule has 0 radical (unpaired) electrons. The molecule has 2 atom stereocenters. The van der Waals surface area contributed by atoms with Crippen molar-refractivity contribution in [1.29, 1.82) is 0 Å². The molecule has 1 N–H and O–H groups in total. The second-order valence-electron chi connectivity index (χ2n) is 5.60. The SMILES string of the molecule is CCC(NC(C)CCc1ccccc1)c1ccc(Br)cc1. The smallest absolute Gasteiger partial charge is 0.0319 e. The lowest BCUT2D eigenvalue weighted by Crippen LogP contribution is -2.30. The molecule has 2 aromatic rings. The molecule has 1 nitrogen and oxygen atoms in total. The summed E-state index contributed by atoms with van der Waals surface area (Å²) in [5.41, 5.74) is 2.79. The van der Waals surface area contributed by atoms with E-state index in [0.717, 1.165) is 23.7 Å². The van der Waals surface area contributed by atoms with E-state index in [2.05, 4.69) is 89.7 Å². The quantitative estimate of drug-likeness (QED) is 0.697. The molecular formula is C19H24BrN. The third-order valence-electron chi connectivity index (χ3n) is 3.88. The summed E-state index contributed by atoms with van der Waals surface area (Å²) >= 11 is 3.50. The van der Waals surface area contributed by atoms with Gasteiger partial charge in [0.15, 0.2) is 0 Å². The lowest BCUT2D eigenvalue weighted by molar-refractivity contribution is 0.427. The highest BCUT2D eigenvalue weighted by Gasteiger charge is 2.12. The molecule has 0 fully saturated rings. The van der Waals surface area contributed by atoms with Gasteiger partial charge in [0.1, 0.15) is 0 Å². The third kappa shape index (κ3) is 5.29. The molecule has 0 aliphatic carbocycles. The first kappa shape index (κ1) is 16.3. The van der Waals surface area contributed by atoms with Gasteiger partial charge in [0.2, 0.25) is 0 Å². The molecule has 112 valence electrons. The molecule has 0 aliphatic heterocycles. The molecule has 0 aromatic heterocycles. The van der Waals surface area contributed by atoms with Crippen LogP contribution in [0.15, 0.2) is 59.1 Å². The lowest BCUT2D eigenvalue weighted by Gasteiger charge is -2.23. The summed E-state index contributed by atoms with van der Waals surface area (Å²) in [5.74, 6) is 0. The first-order valence-corrected chi connectivity index (χ1v) is 8.53.